The Bertz CT molecular complexity index is 1110. The molecule has 222 valence electrons. The third kappa shape index (κ3) is 9.50. The summed E-state index contributed by atoms with van der Waals surface area (Å²) in [6.45, 7) is 6.06. The van der Waals surface area contributed by atoms with Crippen molar-refractivity contribution in [3.63, 3.8) is 0 Å². The predicted molar refractivity (Wildman–Crippen MR) is 157 cm³/mol. The number of nitrogens with zero attached hydrogens (tertiary/aromatic N) is 1. The maximum absolute atomic E-state index is 12.1. The lowest BCUT2D eigenvalue weighted by Gasteiger charge is -2.39. The first-order valence-corrected chi connectivity index (χ1v) is 14.9. The van der Waals surface area contributed by atoms with E-state index >= 15 is 0 Å². The van der Waals surface area contributed by atoms with E-state index in [4.69, 9.17) is 14.6 Å². The van der Waals surface area contributed by atoms with Gasteiger partial charge in [-0.3, -0.25) is 14.5 Å². The molecule has 2 aliphatic rings. The first kappa shape index (κ1) is 30.9. The molecule has 0 radical (unpaired) electrons. The Morgan fingerprint density at radius 2 is 1.61 bits per heavy atom. The first-order valence-electron chi connectivity index (χ1n) is 14.9. The second-order valence-electron chi connectivity index (χ2n) is 11.2. The Morgan fingerprint density at radius 3 is 2.27 bits per heavy atom. The van der Waals surface area contributed by atoms with Crippen LogP contribution in [0, 0.1) is 0 Å². The zero-order chi connectivity index (χ0) is 29.0. The summed E-state index contributed by atoms with van der Waals surface area (Å²) in [5.41, 5.74) is 3.83. The summed E-state index contributed by atoms with van der Waals surface area (Å²) >= 11 is 0. The smallest absolute Gasteiger partial charge is 0.303 e. The van der Waals surface area contributed by atoms with Gasteiger partial charge in [0.15, 0.2) is 6.29 Å². The van der Waals surface area contributed by atoms with Crippen molar-refractivity contribution in [2.45, 2.75) is 95.5 Å². The van der Waals surface area contributed by atoms with Crippen LogP contribution in [-0.4, -0.2) is 52.2 Å². The minimum Gasteiger partial charge on any atom is -0.481 e. The van der Waals surface area contributed by atoms with Crippen molar-refractivity contribution >= 4 is 11.9 Å². The number of nitrogens with one attached hydrogen (secondary N) is 1. The molecule has 2 fully saturated rings. The number of carboxylic acid groups (broad SMARTS) is 1. The lowest BCUT2D eigenvalue weighted by Crippen LogP contribution is -2.43. The fraction of sp³-hybridized carbons (Fsp3) is 0.515. The van der Waals surface area contributed by atoms with Gasteiger partial charge in [0.2, 0.25) is 5.91 Å². The van der Waals surface area contributed by atoms with Gasteiger partial charge in [0.05, 0.1) is 18.8 Å². The van der Waals surface area contributed by atoms with E-state index in [1.54, 1.807) is 0 Å². The van der Waals surface area contributed by atoms with Gasteiger partial charge >= 0.3 is 5.97 Å². The number of hydrogen-bond donors (Lipinski definition) is 3. The summed E-state index contributed by atoms with van der Waals surface area (Å²) in [5, 5.41) is 21.1. The summed E-state index contributed by atoms with van der Waals surface area (Å²) in [7, 11) is 0. The number of hydrogen-bond acceptors (Lipinski definition) is 6. The number of aliphatic hydroxyl groups excluding tert-OH is 1. The third-order valence-corrected chi connectivity index (χ3v) is 8.04. The Balaban J connectivity index is 1.41. The Morgan fingerprint density at radius 1 is 0.951 bits per heavy atom. The predicted octanol–water partition coefficient (Wildman–Crippen LogP) is 5.42. The van der Waals surface area contributed by atoms with Crippen LogP contribution >= 0.6 is 0 Å². The SMILES string of the molecule is C=CCN(CC1CC(c2ccc(CO)cc2)OC(c2ccc(CNC(=O)CCCCC(=O)O)cc2)O1)C1CCCC1. The van der Waals surface area contributed by atoms with Gasteiger partial charge in [0.25, 0.3) is 0 Å². The van der Waals surface area contributed by atoms with E-state index in [-0.39, 0.29) is 31.1 Å². The number of carboxylic acids is 1. The van der Waals surface area contributed by atoms with E-state index in [1.165, 1.54) is 25.7 Å². The zero-order valence-corrected chi connectivity index (χ0v) is 23.9. The van der Waals surface area contributed by atoms with Crippen molar-refractivity contribution in [3.8, 4) is 0 Å². The van der Waals surface area contributed by atoms with Crippen LogP contribution in [0.25, 0.3) is 0 Å². The van der Waals surface area contributed by atoms with Crippen LogP contribution in [-0.2, 0) is 32.2 Å². The summed E-state index contributed by atoms with van der Waals surface area (Å²) in [6.07, 6.45) is 8.48. The molecule has 0 aromatic heterocycles. The standard InChI is InChI=1S/C33H44N2O6/c1-2-19-35(28-7-3-4-8-28)22-29-20-30(26-15-13-25(23-36)14-16-26)41-33(40-29)27-17-11-24(12-18-27)21-34-31(37)9-5-6-10-32(38)39/h2,11-18,28-30,33,36H,1,3-10,19-23H2,(H,34,37)(H,38,39). The number of carbonyl (C=O) groups is 2. The molecule has 0 bridgehead atoms. The fourth-order valence-electron chi connectivity index (χ4n) is 5.75. The molecular weight excluding hydrogens is 520 g/mol. The van der Waals surface area contributed by atoms with Crippen LogP contribution in [0.3, 0.4) is 0 Å². The average molecular weight is 565 g/mol. The van der Waals surface area contributed by atoms with Crippen molar-refractivity contribution in [1.29, 1.82) is 0 Å². The van der Waals surface area contributed by atoms with Gasteiger partial charge in [-0.2, -0.15) is 0 Å². The fourth-order valence-corrected chi connectivity index (χ4v) is 5.75. The average Bonchev–Trinajstić information content (AvgIpc) is 3.53. The van der Waals surface area contributed by atoms with E-state index in [0.717, 1.165) is 41.8 Å². The van der Waals surface area contributed by atoms with Crippen LogP contribution in [0.4, 0.5) is 0 Å². The normalized spacial score (nSPS) is 21.2. The van der Waals surface area contributed by atoms with Crippen LogP contribution in [0.2, 0.25) is 0 Å². The van der Waals surface area contributed by atoms with E-state index < -0.39 is 12.3 Å². The number of aliphatic hydroxyl groups is 1. The number of unbranched alkanes of at least 4 members (excludes halogenated alkanes) is 1. The second-order valence-corrected chi connectivity index (χ2v) is 11.2. The molecule has 4 rings (SSSR count). The monoisotopic (exact) mass is 564 g/mol. The maximum atomic E-state index is 12.1. The summed E-state index contributed by atoms with van der Waals surface area (Å²) in [5.74, 6) is -0.917. The van der Waals surface area contributed by atoms with Crippen LogP contribution in [0.5, 0.6) is 0 Å². The molecule has 3 unspecified atom stereocenters. The molecule has 3 N–H and O–H groups in total. The Kier molecular flexibility index (Phi) is 11.9. The molecule has 3 atom stereocenters. The number of carbonyl (C=O) groups excluding carboxylic acids is 1. The van der Waals surface area contributed by atoms with Gasteiger partial charge in [-0.15, -0.1) is 6.58 Å². The molecule has 2 aromatic carbocycles. The highest BCUT2D eigenvalue weighted by atomic mass is 16.7. The van der Waals surface area contributed by atoms with Crippen molar-refractivity contribution in [2.75, 3.05) is 13.1 Å². The highest BCUT2D eigenvalue weighted by Crippen LogP contribution is 2.38. The molecule has 1 heterocycles. The van der Waals surface area contributed by atoms with Gasteiger partial charge in [-0.1, -0.05) is 67.4 Å². The molecule has 1 saturated heterocycles. The summed E-state index contributed by atoms with van der Waals surface area (Å²) in [4.78, 5) is 25.3. The van der Waals surface area contributed by atoms with Crippen molar-refractivity contribution in [1.82, 2.24) is 10.2 Å². The Labute approximate surface area is 243 Å². The zero-order valence-electron chi connectivity index (χ0n) is 23.9. The van der Waals surface area contributed by atoms with Crippen molar-refractivity contribution in [3.05, 3.63) is 83.4 Å². The Hall–Kier alpha value is -3.04. The number of amides is 1. The topological polar surface area (TPSA) is 108 Å². The van der Waals surface area contributed by atoms with Crippen LogP contribution in [0.1, 0.15) is 92.4 Å². The van der Waals surface area contributed by atoms with E-state index in [9.17, 15) is 14.7 Å². The van der Waals surface area contributed by atoms with Gasteiger partial charge < -0.3 is 25.0 Å². The third-order valence-electron chi connectivity index (χ3n) is 8.04. The number of benzene rings is 2. The summed E-state index contributed by atoms with van der Waals surface area (Å²) in [6, 6.07) is 16.4. The minimum atomic E-state index is -0.837. The largest absolute Gasteiger partial charge is 0.481 e. The highest BCUT2D eigenvalue weighted by molar-refractivity contribution is 5.75. The lowest BCUT2D eigenvalue weighted by molar-refractivity contribution is -0.253. The highest BCUT2D eigenvalue weighted by Gasteiger charge is 2.34. The minimum absolute atomic E-state index is 0.00952. The molecule has 1 amide bonds. The molecule has 2 aromatic rings. The molecule has 1 saturated carbocycles. The quantitative estimate of drug-likeness (QED) is 0.196. The molecule has 41 heavy (non-hydrogen) atoms. The van der Waals surface area contributed by atoms with Gasteiger partial charge in [-0.25, -0.2) is 0 Å². The molecule has 1 aliphatic heterocycles. The number of ether oxygens (including phenoxy) is 2. The lowest BCUT2D eigenvalue weighted by atomic mass is 9.99. The van der Waals surface area contributed by atoms with Gasteiger partial charge in [0, 0.05) is 50.5 Å². The van der Waals surface area contributed by atoms with Crippen LogP contribution < -0.4 is 5.32 Å². The van der Waals surface area contributed by atoms with Gasteiger partial charge in [-0.05, 0) is 42.4 Å². The first-order chi connectivity index (χ1) is 19.9. The molecule has 0 spiro atoms. The summed E-state index contributed by atoms with van der Waals surface area (Å²) < 4.78 is 13.1. The van der Waals surface area contributed by atoms with Gasteiger partial charge in [0.1, 0.15) is 0 Å². The molecule has 8 heteroatoms. The number of rotatable bonds is 15. The van der Waals surface area contributed by atoms with Crippen molar-refractivity contribution in [2.24, 2.45) is 0 Å². The molecule has 8 nitrogen and oxygen atoms in total. The second kappa shape index (κ2) is 15.8. The molecule has 1 aliphatic carbocycles. The maximum Gasteiger partial charge on any atom is 0.303 e. The molecular formula is C33H44N2O6. The van der Waals surface area contributed by atoms with Crippen LogP contribution in [0.15, 0.2) is 61.2 Å². The van der Waals surface area contributed by atoms with E-state index in [1.807, 2.05) is 54.6 Å². The number of aliphatic carboxylic acids is 1. The van der Waals surface area contributed by atoms with E-state index in [2.05, 4.69) is 16.8 Å². The van der Waals surface area contributed by atoms with E-state index in [0.29, 0.717) is 31.8 Å². The van der Waals surface area contributed by atoms with Crippen molar-refractivity contribution < 1.29 is 29.3 Å².